The van der Waals surface area contributed by atoms with E-state index in [1.807, 2.05) is 53.7 Å². The minimum Gasteiger partial charge on any atom is -0.0985 e. The predicted molar refractivity (Wildman–Crippen MR) is 96.0 cm³/mol. The Hall–Kier alpha value is -1.82. The normalized spacial score (nSPS) is 7.70. The van der Waals surface area contributed by atoms with Crippen LogP contribution in [-0.4, -0.2) is 0 Å². The molecule has 20 heavy (non-hydrogen) atoms. The largest absolute Gasteiger partial charge is 0.0985 e. The zero-order valence-electron chi connectivity index (χ0n) is 14.0. The summed E-state index contributed by atoms with van der Waals surface area (Å²) in [6.45, 7) is 15.7. The minimum atomic E-state index is 1.16. The maximum atomic E-state index is 3.73. The zero-order valence-corrected chi connectivity index (χ0v) is 14.0. The van der Waals surface area contributed by atoms with Gasteiger partial charge >= 0.3 is 0 Å². The first-order valence-electron chi connectivity index (χ1n) is 7.68. The molecule has 0 saturated carbocycles. The van der Waals surface area contributed by atoms with E-state index in [1.54, 1.807) is 0 Å². The summed E-state index contributed by atoms with van der Waals surface area (Å²) >= 11 is 0. The fourth-order valence-corrected chi connectivity index (χ4v) is 1.44. The summed E-state index contributed by atoms with van der Waals surface area (Å²) in [6.07, 6.45) is 1.86. The van der Waals surface area contributed by atoms with Gasteiger partial charge in [-0.25, -0.2) is 0 Å². The average molecular weight is 270 g/mol. The molecule has 0 fully saturated rings. The van der Waals surface area contributed by atoms with Crippen molar-refractivity contribution in [3.8, 4) is 11.1 Å². The Kier molecular flexibility index (Phi) is 15.6. The van der Waals surface area contributed by atoms with Crippen LogP contribution in [0.4, 0.5) is 0 Å². The van der Waals surface area contributed by atoms with E-state index in [1.165, 1.54) is 11.1 Å². The first-order chi connectivity index (χ1) is 9.90. The topological polar surface area (TPSA) is 0 Å². The van der Waals surface area contributed by atoms with Crippen LogP contribution in [-0.2, 0) is 0 Å². The number of benzene rings is 2. The van der Waals surface area contributed by atoms with E-state index in [9.17, 15) is 0 Å². The lowest BCUT2D eigenvalue weighted by molar-refractivity contribution is 1.50. The van der Waals surface area contributed by atoms with Crippen LogP contribution >= 0.6 is 0 Å². The van der Waals surface area contributed by atoms with Crippen molar-refractivity contribution in [1.29, 1.82) is 0 Å². The summed E-state index contributed by atoms with van der Waals surface area (Å²) in [5.41, 5.74) is 3.66. The van der Waals surface area contributed by atoms with Gasteiger partial charge in [0, 0.05) is 0 Å². The van der Waals surface area contributed by atoms with Gasteiger partial charge in [-0.1, -0.05) is 109 Å². The van der Waals surface area contributed by atoms with Crippen molar-refractivity contribution in [1.82, 2.24) is 0 Å². The third-order valence-corrected chi connectivity index (χ3v) is 2.25. The molecule has 2 aromatic carbocycles. The molecule has 2 aromatic rings. The quantitative estimate of drug-likeness (QED) is 0.547. The van der Waals surface area contributed by atoms with Gasteiger partial charge in [-0.15, -0.1) is 0 Å². The highest BCUT2D eigenvalue weighted by molar-refractivity contribution is 5.65. The molecule has 0 N–H and O–H groups in total. The Bertz CT molecular complexity index is 410. The summed E-state index contributed by atoms with van der Waals surface area (Å²) in [5, 5.41) is 0. The second-order valence-electron chi connectivity index (χ2n) is 3.19. The van der Waals surface area contributed by atoms with Gasteiger partial charge in [0.15, 0.2) is 0 Å². The molecule has 0 heteroatoms. The van der Waals surface area contributed by atoms with Gasteiger partial charge in [-0.2, -0.15) is 0 Å². The lowest BCUT2D eigenvalue weighted by Gasteiger charge is -2.01. The van der Waals surface area contributed by atoms with E-state index in [4.69, 9.17) is 0 Å². The van der Waals surface area contributed by atoms with E-state index in [2.05, 4.69) is 55.1 Å². The van der Waals surface area contributed by atoms with Crippen molar-refractivity contribution in [3.63, 3.8) is 0 Å². The summed E-state index contributed by atoms with van der Waals surface area (Å²) in [5.74, 6) is 0. The minimum absolute atomic E-state index is 1.16. The third kappa shape index (κ3) is 7.58. The standard InChI is InChI=1S/C14H12.3C2H6/c1-2-12-8-10-14(11-9-12)13-6-4-3-5-7-13;3*1-2/h2-11H,1H2;3*1-2H3. The van der Waals surface area contributed by atoms with Gasteiger partial charge in [-0.3, -0.25) is 0 Å². The van der Waals surface area contributed by atoms with Crippen molar-refractivity contribution in [2.24, 2.45) is 0 Å². The van der Waals surface area contributed by atoms with Crippen LogP contribution in [0.5, 0.6) is 0 Å². The maximum absolute atomic E-state index is 3.73. The van der Waals surface area contributed by atoms with E-state index in [-0.39, 0.29) is 0 Å². The second kappa shape index (κ2) is 15.2. The van der Waals surface area contributed by atoms with E-state index >= 15 is 0 Å². The monoisotopic (exact) mass is 270 g/mol. The molecule has 0 unspecified atom stereocenters. The van der Waals surface area contributed by atoms with E-state index in [0.717, 1.165) is 5.56 Å². The number of hydrogen-bond donors (Lipinski definition) is 0. The Labute approximate surface area is 126 Å². The van der Waals surface area contributed by atoms with Crippen molar-refractivity contribution < 1.29 is 0 Å². The smallest absolute Gasteiger partial charge is 0.0184 e. The first kappa shape index (κ1) is 20.5. The highest BCUT2D eigenvalue weighted by atomic mass is 14.0. The zero-order chi connectivity index (χ0) is 15.8. The molecule has 0 nitrogen and oxygen atoms in total. The maximum Gasteiger partial charge on any atom is -0.0184 e. The lowest BCUT2D eigenvalue weighted by Crippen LogP contribution is -1.76. The molecular weight excluding hydrogens is 240 g/mol. The Morgan fingerprint density at radius 3 is 1.40 bits per heavy atom. The number of rotatable bonds is 2. The molecule has 0 spiro atoms. The predicted octanol–water partition coefficient (Wildman–Crippen LogP) is 7.08. The molecule has 0 aliphatic heterocycles. The van der Waals surface area contributed by atoms with Gasteiger partial charge in [0.05, 0.1) is 0 Å². The fourth-order valence-electron chi connectivity index (χ4n) is 1.44. The Morgan fingerprint density at radius 2 is 1.00 bits per heavy atom. The fraction of sp³-hybridized carbons (Fsp3) is 0.300. The van der Waals surface area contributed by atoms with Crippen LogP contribution in [0.15, 0.2) is 61.2 Å². The van der Waals surface area contributed by atoms with Crippen LogP contribution in [0, 0.1) is 0 Å². The van der Waals surface area contributed by atoms with Gasteiger partial charge in [0.25, 0.3) is 0 Å². The van der Waals surface area contributed by atoms with Crippen molar-refractivity contribution in [2.75, 3.05) is 0 Å². The van der Waals surface area contributed by atoms with Crippen LogP contribution in [0.25, 0.3) is 17.2 Å². The van der Waals surface area contributed by atoms with Crippen LogP contribution < -0.4 is 0 Å². The molecule has 0 aliphatic rings. The Morgan fingerprint density at radius 1 is 0.600 bits per heavy atom. The number of hydrogen-bond acceptors (Lipinski definition) is 0. The second-order valence-corrected chi connectivity index (χ2v) is 3.19. The van der Waals surface area contributed by atoms with Gasteiger partial charge in [0.1, 0.15) is 0 Å². The summed E-state index contributed by atoms with van der Waals surface area (Å²) < 4.78 is 0. The van der Waals surface area contributed by atoms with E-state index in [0.29, 0.717) is 0 Å². The molecule has 2 rings (SSSR count). The van der Waals surface area contributed by atoms with Crippen molar-refractivity contribution in [2.45, 2.75) is 41.5 Å². The molecule has 110 valence electrons. The first-order valence-corrected chi connectivity index (χ1v) is 7.68. The van der Waals surface area contributed by atoms with Gasteiger partial charge < -0.3 is 0 Å². The van der Waals surface area contributed by atoms with Crippen molar-refractivity contribution in [3.05, 3.63) is 66.7 Å². The summed E-state index contributed by atoms with van der Waals surface area (Å²) in [6, 6.07) is 18.8. The highest BCUT2D eigenvalue weighted by Crippen LogP contribution is 2.19. The molecule has 0 heterocycles. The molecule has 0 radical (unpaired) electrons. The molecule has 0 amide bonds. The molecular formula is C20H30. The van der Waals surface area contributed by atoms with Gasteiger partial charge in [0.2, 0.25) is 0 Å². The van der Waals surface area contributed by atoms with Gasteiger partial charge in [-0.05, 0) is 16.7 Å². The SMILES string of the molecule is C=Cc1ccc(-c2ccccc2)cc1.CC.CC.CC. The van der Waals surface area contributed by atoms with E-state index < -0.39 is 0 Å². The molecule has 0 aromatic heterocycles. The third-order valence-electron chi connectivity index (χ3n) is 2.25. The molecule has 0 saturated heterocycles. The lowest BCUT2D eigenvalue weighted by atomic mass is 10.0. The van der Waals surface area contributed by atoms with Crippen LogP contribution in [0.1, 0.15) is 47.1 Å². The summed E-state index contributed by atoms with van der Waals surface area (Å²) in [7, 11) is 0. The molecule has 0 bridgehead atoms. The van der Waals surface area contributed by atoms with Crippen LogP contribution in [0.3, 0.4) is 0 Å². The molecule has 0 aliphatic carbocycles. The Balaban J connectivity index is 0. The van der Waals surface area contributed by atoms with Crippen LogP contribution in [0.2, 0.25) is 0 Å². The summed E-state index contributed by atoms with van der Waals surface area (Å²) in [4.78, 5) is 0. The molecule has 0 atom stereocenters. The van der Waals surface area contributed by atoms with Crippen molar-refractivity contribution >= 4 is 6.08 Å². The average Bonchev–Trinajstić information content (AvgIpc) is 2.61. The highest BCUT2D eigenvalue weighted by Gasteiger charge is 1.94.